The van der Waals surface area contributed by atoms with Gasteiger partial charge >= 0.3 is 12.0 Å². The van der Waals surface area contributed by atoms with E-state index in [2.05, 4.69) is 10.6 Å². The zero-order valence-corrected chi connectivity index (χ0v) is 16.7. The second-order valence-corrected chi connectivity index (χ2v) is 7.07. The van der Waals surface area contributed by atoms with E-state index in [-0.39, 0.29) is 0 Å². The molecule has 1 aromatic carbocycles. The predicted octanol–water partition coefficient (Wildman–Crippen LogP) is 1.93. The van der Waals surface area contributed by atoms with Gasteiger partial charge in [0.05, 0.1) is 11.6 Å². The van der Waals surface area contributed by atoms with E-state index in [9.17, 15) is 19.2 Å². The number of nitriles is 1. The summed E-state index contributed by atoms with van der Waals surface area (Å²) in [4.78, 5) is 49.8. The number of imide groups is 1. The predicted molar refractivity (Wildman–Crippen MR) is 104 cm³/mol. The summed E-state index contributed by atoms with van der Waals surface area (Å²) >= 11 is 0. The van der Waals surface area contributed by atoms with Gasteiger partial charge in [0.15, 0.2) is 6.10 Å². The number of esters is 1. The monoisotopic (exact) mass is 400 g/mol. The number of nitrogens with zero attached hydrogens (tertiary/aromatic N) is 2. The molecule has 0 saturated carbocycles. The minimum Gasteiger partial charge on any atom is -0.451 e. The van der Waals surface area contributed by atoms with E-state index < -0.39 is 42.0 Å². The first-order valence-electron chi connectivity index (χ1n) is 9.34. The van der Waals surface area contributed by atoms with Crippen molar-refractivity contribution in [2.24, 2.45) is 0 Å². The normalized spacial score (nSPS) is 19.3. The smallest absolute Gasteiger partial charge is 0.327 e. The lowest BCUT2D eigenvalue weighted by molar-refractivity contribution is -0.155. The Morgan fingerprint density at radius 2 is 2.10 bits per heavy atom. The SMILES string of the molecule is CCCC[C@@]1(C)NC(=O)N(CC(=O)O[C@@H](C)C(=O)Nc2cccc(C#N)c2)C1=O. The van der Waals surface area contributed by atoms with Crippen molar-refractivity contribution in [3.8, 4) is 6.07 Å². The second kappa shape index (κ2) is 9.19. The lowest BCUT2D eigenvalue weighted by Crippen LogP contribution is -2.44. The van der Waals surface area contributed by atoms with Crippen LogP contribution in [0.5, 0.6) is 0 Å². The van der Waals surface area contributed by atoms with Crippen LogP contribution in [0.3, 0.4) is 0 Å². The number of hydrogen-bond acceptors (Lipinski definition) is 6. The molecule has 2 atom stereocenters. The Morgan fingerprint density at radius 3 is 2.76 bits per heavy atom. The van der Waals surface area contributed by atoms with Crippen molar-refractivity contribution in [1.29, 1.82) is 5.26 Å². The Labute approximate surface area is 169 Å². The number of anilines is 1. The Bertz CT molecular complexity index is 863. The van der Waals surface area contributed by atoms with Crippen molar-refractivity contribution in [2.75, 3.05) is 11.9 Å². The van der Waals surface area contributed by atoms with E-state index in [1.165, 1.54) is 13.0 Å². The number of carbonyl (C=O) groups is 4. The van der Waals surface area contributed by atoms with Crippen LogP contribution >= 0.6 is 0 Å². The highest BCUT2D eigenvalue weighted by atomic mass is 16.5. The molecule has 9 nitrogen and oxygen atoms in total. The Kier molecular flexibility index (Phi) is 6.93. The number of ether oxygens (including phenoxy) is 1. The van der Waals surface area contributed by atoms with E-state index in [1.54, 1.807) is 25.1 Å². The van der Waals surface area contributed by atoms with Crippen LogP contribution < -0.4 is 10.6 Å². The summed E-state index contributed by atoms with van der Waals surface area (Å²) in [6.45, 7) is 4.40. The van der Waals surface area contributed by atoms with Gasteiger partial charge in [0.2, 0.25) is 0 Å². The fraction of sp³-hybridized carbons (Fsp3) is 0.450. The third-order valence-corrected chi connectivity index (χ3v) is 4.60. The van der Waals surface area contributed by atoms with Gasteiger partial charge in [-0.05, 0) is 38.5 Å². The first-order valence-corrected chi connectivity index (χ1v) is 9.34. The first kappa shape index (κ1) is 21.9. The maximum absolute atomic E-state index is 12.5. The summed E-state index contributed by atoms with van der Waals surface area (Å²) in [7, 11) is 0. The Morgan fingerprint density at radius 1 is 1.38 bits per heavy atom. The zero-order valence-electron chi connectivity index (χ0n) is 16.7. The minimum atomic E-state index is -1.15. The maximum atomic E-state index is 12.5. The molecular formula is C20H24N4O5. The van der Waals surface area contributed by atoms with Crippen molar-refractivity contribution in [3.05, 3.63) is 29.8 Å². The molecule has 1 aliphatic rings. The molecule has 1 saturated heterocycles. The number of urea groups is 1. The summed E-state index contributed by atoms with van der Waals surface area (Å²) in [5.41, 5.74) is -0.280. The molecule has 4 amide bonds. The van der Waals surface area contributed by atoms with Gasteiger partial charge in [-0.2, -0.15) is 5.26 Å². The number of carbonyl (C=O) groups excluding carboxylic acids is 4. The summed E-state index contributed by atoms with van der Waals surface area (Å²) in [6, 6.07) is 7.58. The van der Waals surface area contributed by atoms with E-state index in [1.807, 2.05) is 13.0 Å². The molecule has 9 heteroatoms. The van der Waals surface area contributed by atoms with Crippen LogP contribution in [0, 0.1) is 11.3 Å². The molecule has 154 valence electrons. The number of hydrogen-bond donors (Lipinski definition) is 2. The molecule has 0 radical (unpaired) electrons. The molecule has 1 aromatic rings. The average molecular weight is 400 g/mol. The molecule has 1 aliphatic heterocycles. The van der Waals surface area contributed by atoms with Gasteiger partial charge in [-0.1, -0.05) is 25.8 Å². The second-order valence-electron chi connectivity index (χ2n) is 7.07. The summed E-state index contributed by atoms with van der Waals surface area (Å²) in [5, 5.41) is 14.0. The molecule has 2 rings (SSSR count). The van der Waals surface area contributed by atoms with Gasteiger partial charge < -0.3 is 15.4 Å². The summed E-state index contributed by atoms with van der Waals surface area (Å²) < 4.78 is 5.06. The van der Waals surface area contributed by atoms with Gasteiger partial charge in [-0.3, -0.25) is 19.3 Å². The van der Waals surface area contributed by atoms with Crippen LogP contribution in [0.2, 0.25) is 0 Å². The van der Waals surface area contributed by atoms with Crippen molar-refractivity contribution in [2.45, 2.75) is 51.7 Å². The average Bonchev–Trinajstić information content (AvgIpc) is 2.89. The standard InChI is InChI=1S/C20H24N4O5/c1-4-5-9-20(3)18(27)24(19(28)23-20)12-16(25)29-13(2)17(26)22-15-8-6-7-14(10-15)11-21/h6-8,10,13H,4-5,9,12H2,1-3H3,(H,22,26)(H,23,28)/t13-,20+/m0/s1. The largest absolute Gasteiger partial charge is 0.451 e. The molecule has 29 heavy (non-hydrogen) atoms. The third kappa shape index (κ3) is 5.31. The van der Waals surface area contributed by atoms with Crippen molar-refractivity contribution >= 4 is 29.5 Å². The molecule has 1 heterocycles. The van der Waals surface area contributed by atoms with E-state index in [0.29, 0.717) is 17.7 Å². The topological polar surface area (TPSA) is 129 Å². The maximum Gasteiger partial charge on any atom is 0.327 e. The van der Waals surface area contributed by atoms with Gasteiger partial charge in [-0.15, -0.1) is 0 Å². The molecule has 0 bridgehead atoms. The molecule has 0 aliphatic carbocycles. The minimum absolute atomic E-state index is 0.372. The van der Waals surface area contributed by atoms with Crippen LogP contribution in [0.15, 0.2) is 24.3 Å². The highest BCUT2D eigenvalue weighted by Gasteiger charge is 2.48. The highest BCUT2D eigenvalue weighted by molar-refractivity contribution is 6.08. The number of unbranched alkanes of at least 4 members (excludes halogenated alkanes) is 1. The number of amides is 4. The van der Waals surface area contributed by atoms with Gasteiger partial charge in [0.1, 0.15) is 12.1 Å². The highest BCUT2D eigenvalue weighted by Crippen LogP contribution is 2.23. The van der Waals surface area contributed by atoms with Crippen LogP contribution in [0.25, 0.3) is 0 Å². The molecule has 0 aromatic heterocycles. The van der Waals surface area contributed by atoms with Crippen molar-refractivity contribution in [1.82, 2.24) is 10.2 Å². The summed E-state index contributed by atoms with van der Waals surface area (Å²) in [6.07, 6.45) is 0.941. The number of benzene rings is 1. The number of rotatable bonds is 8. The molecule has 1 fully saturated rings. The van der Waals surface area contributed by atoms with Crippen LogP contribution in [-0.2, 0) is 19.1 Å². The summed E-state index contributed by atoms with van der Waals surface area (Å²) in [5.74, 6) is -1.96. The van der Waals surface area contributed by atoms with Crippen molar-refractivity contribution < 1.29 is 23.9 Å². The van der Waals surface area contributed by atoms with Crippen LogP contribution in [0.4, 0.5) is 10.5 Å². The van der Waals surface area contributed by atoms with Crippen LogP contribution in [0.1, 0.15) is 45.6 Å². The number of nitrogens with one attached hydrogen (secondary N) is 2. The van der Waals surface area contributed by atoms with E-state index >= 15 is 0 Å². The van der Waals surface area contributed by atoms with E-state index in [4.69, 9.17) is 10.00 Å². The lowest BCUT2D eigenvalue weighted by Gasteiger charge is -2.21. The molecule has 0 spiro atoms. The molecule has 0 unspecified atom stereocenters. The van der Waals surface area contributed by atoms with Gasteiger partial charge in [0.25, 0.3) is 11.8 Å². The van der Waals surface area contributed by atoms with E-state index in [0.717, 1.165) is 17.7 Å². The quantitative estimate of drug-likeness (QED) is 0.507. The molecule has 2 N–H and O–H groups in total. The van der Waals surface area contributed by atoms with Crippen LogP contribution in [-0.4, -0.2) is 46.9 Å². The Hall–Kier alpha value is -3.41. The fourth-order valence-electron chi connectivity index (χ4n) is 2.92. The molecular weight excluding hydrogens is 376 g/mol. The first-order chi connectivity index (χ1) is 13.7. The lowest BCUT2D eigenvalue weighted by atomic mass is 9.95. The fourth-order valence-corrected chi connectivity index (χ4v) is 2.92. The third-order valence-electron chi connectivity index (χ3n) is 4.60. The zero-order chi connectivity index (χ0) is 21.6. The van der Waals surface area contributed by atoms with Gasteiger partial charge in [-0.25, -0.2) is 4.79 Å². The van der Waals surface area contributed by atoms with Gasteiger partial charge in [0, 0.05) is 5.69 Å². The van der Waals surface area contributed by atoms with Crippen molar-refractivity contribution in [3.63, 3.8) is 0 Å². The Balaban J connectivity index is 1.92.